The second kappa shape index (κ2) is 7.33. The first-order valence-corrected chi connectivity index (χ1v) is 7.13. The summed E-state index contributed by atoms with van der Waals surface area (Å²) < 4.78 is 1.11. The first-order valence-electron chi connectivity index (χ1n) is 5.39. The molecule has 4 heteroatoms. The van der Waals surface area contributed by atoms with Crippen LogP contribution in [0.15, 0.2) is 28.7 Å². The number of hydrogen-bond acceptors (Lipinski definition) is 3. The van der Waals surface area contributed by atoms with Gasteiger partial charge in [-0.25, -0.2) is 0 Å². The topological polar surface area (TPSA) is 46.2 Å². The van der Waals surface area contributed by atoms with E-state index in [2.05, 4.69) is 28.9 Å². The van der Waals surface area contributed by atoms with Crippen LogP contribution in [0.4, 0.5) is 0 Å². The van der Waals surface area contributed by atoms with Gasteiger partial charge in [0.25, 0.3) is 0 Å². The Labute approximate surface area is 110 Å². The molecule has 2 unspecified atom stereocenters. The van der Waals surface area contributed by atoms with Gasteiger partial charge in [-0.05, 0) is 18.1 Å². The fourth-order valence-electron chi connectivity index (χ4n) is 1.52. The number of aliphatic hydroxyl groups is 1. The van der Waals surface area contributed by atoms with Crippen molar-refractivity contribution in [2.45, 2.75) is 23.8 Å². The van der Waals surface area contributed by atoms with E-state index in [0.717, 1.165) is 10.9 Å². The highest BCUT2D eigenvalue weighted by molar-refractivity contribution is 9.10. The van der Waals surface area contributed by atoms with Gasteiger partial charge < -0.3 is 10.8 Å². The predicted octanol–water partition coefficient (Wildman–Crippen LogP) is 2.95. The van der Waals surface area contributed by atoms with Crippen molar-refractivity contribution in [1.29, 1.82) is 0 Å². The number of rotatable bonds is 6. The van der Waals surface area contributed by atoms with Crippen molar-refractivity contribution in [3.63, 3.8) is 0 Å². The van der Waals surface area contributed by atoms with Gasteiger partial charge in [-0.2, -0.15) is 0 Å². The summed E-state index contributed by atoms with van der Waals surface area (Å²) in [5.74, 6) is 0. The van der Waals surface area contributed by atoms with Crippen molar-refractivity contribution in [3.05, 3.63) is 34.3 Å². The van der Waals surface area contributed by atoms with Gasteiger partial charge in [0.2, 0.25) is 0 Å². The third kappa shape index (κ3) is 4.09. The number of hydrogen-bond donors (Lipinski definition) is 2. The Morgan fingerprint density at radius 2 is 2.12 bits per heavy atom. The third-order valence-electron chi connectivity index (χ3n) is 2.40. The molecule has 0 bridgehead atoms. The molecule has 0 aliphatic rings. The first-order chi connectivity index (χ1) is 7.69. The maximum atomic E-state index is 8.89. The van der Waals surface area contributed by atoms with Crippen LogP contribution in [0.1, 0.15) is 24.2 Å². The normalized spacial score (nSPS) is 14.8. The molecule has 3 N–H and O–H groups in total. The van der Waals surface area contributed by atoms with Gasteiger partial charge in [0.1, 0.15) is 0 Å². The molecule has 0 aliphatic heterocycles. The van der Waals surface area contributed by atoms with Gasteiger partial charge in [0.05, 0.1) is 0 Å². The smallest absolute Gasteiger partial charge is 0.0441 e. The Bertz CT molecular complexity index is 322. The highest BCUT2D eigenvalue weighted by Crippen LogP contribution is 2.36. The van der Waals surface area contributed by atoms with Crippen molar-refractivity contribution in [2.75, 3.05) is 13.2 Å². The quantitative estimate of drug-likeness (QED) is 0.849. The Morgan fingerprint density at radius 3 is 2.69 bits per heavy atom. The van der Waals surface area contributed by atoms with Crippen molar-refractivity contribution >= 4 is 27.7 Å². The van der Waals surface area contributed by atoms with Crippen molar-refractivity contribution in [2.24, 2.45) is 5.73 Å². The molecule has 0 heterocycles. The van der Waals surface area contributed by atoms with Crippen molar-refractivity contribution in [3.8, 4) is 0 Å². The minimum Gasteiger partial charge on any atom is -0.396 e. The van der Waals surface area contributed by atoms with Crippen LogP contribution < -0.4 is 5.73 Å². The maximum Gasteiger partial charge on any atom is 0.0441 e. The van der Waals surface area contributed by atoms with Crippen LogP contribution in [-0.2, 0) is 0 Å². The van der Waals surface area contributed by atoms with Crippen LogP contribution >= 0.6 is 27.7 Å². The Morgan fingerprint density at radius 1 is 1.44 bits per heavy atom. The molecule has 0 aliphatic carbocycles. The molecule has 0 spiro atoms. The maximum absolute atomic E-state index is 8.89. The lowest BCUT2D eigenvalue weighted by Crippen LogP contribution is -2.13. The Kier molecular flexibility index (Phi) is 6.43. The van der Waals surface area contributed by atoms with Crippen LogP contribution in [0.25, 0.3) is 0 Å². The first kappa shape index (κ1) is 14.0. The summed E-state index contributed by atoms with van der Waals surface area (Å²) in [7, 11) is 0. The van der Waals surface area contributed by atoms with Gasteiger partial charge in [-0.15, -0.1) is 11.8 Å². The molecule has 2 atom stereocenters. The van der Waals surface area contributed by atoms with Crippen LogP contribution in [-0.4, -0.2) is 23.5 Å². The van der Waals surface area contributed by atoms with E-state index in [4.69, 9.17) is 10.8 Å². The van der Waals surface area contributed by atoms with Crippen LogP contribution in [0.3, 0.4) is 0 Å². The van der Waals surface area contributed by atoms with E-state index in [9.17, 15) is 0 Å². The molecule has 1 rings (SSSR count). The van der Waals surface area contributed by atoms with E-state index >= 15 is 0 Å². The molecule has 16 heavy (non-hydrogen) atoms. The molecular formula is C12H18BrNOS. The fourth-order valence-corrected chi connectivity index (χ4v) is 3.50. The van der Waals surface area contributed by atoms with E-state index in [1.165, 1.54) is 5.56 Å². The van der Waals surface area contributed by atoms with E-state index in [-0.39, 0.29) is 11.9 Å². The minimum absolute atomic E-state index is 0.238. The summed E-state index contributed by atoms with van der Waals surface area (Å²) in [5.41, 5.74) is 7.05. The van der Waals surface area contributed by atoms with Gasteiger partial charge in [0.15, 0.2) is 0 Å². The molecule has 90 valence electrons. The zero-order chi connectivity index (χ0) is 12.0. The highest BCUT2D eigenvalue weighted by atomic mass is 79.9. The van der Waals surface area contributed by atoms with Gasteiger partial charge in [-0.1, -0.05) is 41.1 Å². The average Bonchev–Trinajstić information content (AvgIpc) is 2.27. The lowest BCUT2D eigenvalue weighted by Gasteiger charge is -2.20. The largest absolute Gasteiger partial charge is 0.396 e. The van der Waals surface area contributed by atoms with Gasteiger partial charge in [0, 0.05) is 28.1 Å². The summed E-state index contributed by atoms with van der Waals surface area (Å²) in [5, 5.41) is 9.60. The second-order valence-corrected chi connectivity index (χ2v) is 6.21. The molecular weight excluding hydrogens is 286 g/mol. The van der Waals surface area contributed by atoms with Crippen LogP contribution in [0, 0.1) is 0 Å². The highest BCUT2D eigenvalue weighted by Gasteiger charge is 2.16. The molecule has 0 fully saturated rings. The van der Waals surface area contributed by atoms with E-state index in [1.807, 2.05) is 30.0 Å². The van der Waals surface area contributed by atoms with E-state index < -0.39 is 0 Å². The lowest BCUT2D eigenvalue weighted by molar-refractivity contribution is 0.289. The number of aliphatic hydroxyl groups excluding tert-OH is 1. The zero-order valence-corrected chi connectivity index (χ0v) is 11.8. The van der Waals surface area contributed by atoms with Crippen LogP contribution in [0.2, 0.25) is 0 Å². The number of halogens is 1. The SMILES string of the molecule is CC(CCO)SC(CN)c1ccccc1Br. The van der Waals surface area contributed by atoms with E-state index in [0.29, 0.717) is 11.8 Å². The van der Waals surface area contributed by atoms with Crippen LogP contribution in [0.5, 0.6) is 0 Å². The van der Waals surface area contributed by atoms with Gasteiger partial charge >= 0.3 is 0 Å². The molecule has 1 aromatic rings. The summed E-state index contributed by atoms with van der Waals surface area (Å²) in [4.78, 5) is 0. The summed E-state index contributed by atoms with van der Waals surface area (Å²) in [6.07, 6.45) is 0.811. The standard InChI is InChI=1S/C12H18BrNOS/c1-9(6-7-15)16-12(8-14)10-4-2-3-5-11(10)13/h2-5,9,12,15H,6-8,14H2,1H3. The Balaban J connectivity index is 2.71. The van der Waals surface area contributed by atoms with Crippen molar-refractivity contribution in [1.82, 2.24) is 0 Å². The van der Waals surface area contributed by atoms with E-state index in [1.54, 1.807) is 0 Å². The number of benzene rings is 1. The third-order valence-corrected chi connectivity index (χ3v) is 4.60. The summed E-state index contributed by atoms with van der Waals surface area (Å²) >= 11 is 5.37. The summed E-state index contributed by atoms with van der Waals surface area (Å²) in [6.45, 7) is 2.98. The minimum atomic E-state index is 0.238. The number of nitrogens with two attached hydrogens (primary N) is 1. The average molecular weight is 304 g/mol. The molecule has 0 radical (unpaired) electrons. The monoisotopic (exact) mass is 303 g/mol. The molecule has 0 aromatic heterocycles. The number of thioether (sulfide) groups is 1. The molecule has 0 saturated heterocycles. The zero-order valence-electron chi connectivity index (χ0n) is 9.40. The van der Waals surface area contributed by atoms with Gasteiger partial charge in [-0.3, -0.25) is 0 Å². The van der Waals surface area contributed by atoms with Crippen molar-refractivity contribution < 1.29 is 5.11 Å². The summed E-state index contributed by atoms with van der Waals surface area (Å²) in [6, 6.07) is 8.17. The molecule has 0 saturated carbocycles. The molecule has 0 amide bonds. The fraction of sp³-hybridized carbons (Fsp3) is 0.500. The molecule has 1 aromatic carbocycles. The predicted molar refractivity (Wildman–Crippen MR) is 74.7 cm³/mol. The second-order valence-electron chi connectivity index (χ2n) is 3.70. The lowest BCUT2D eigenvalue weighted by atomic mass is 10.1. The molecule has 2 nitrogen and oxygen atoms in total. The Hall–Kier alpha value is -0.0300.